The van der Waals surface area contributed by atoms with Crippen LogP contribution in [-0.2, 0) is 4.79 Å². The molecule has 20 heavy (non-hydrogen) atoms. The Morgan fingerprint density at radius 2 is 2.00 bits per heavy atom. The monoisotopic (exact) mass is 274 g/mol. The Labute approximate surface area is 122 Å². The van der Waals surface area contributed by atoms with Gasteiger partial charge in [-0.2, -0.15) is 0 Å². The van der Waals surface area contributed by atoms with Gasteiger partial charge in [0, 0.05) is 17.3 Å². The highest BCUT2D eigenvalue weighted by Gasteiger charge is 2.32. The molecule has 110 valence electrons. The lowest BCUT2D eigenvalue weighted by molar-refractivity contribution is -0.124. The van der Waals surface area contributed by atoms with Gasteiger partial charge in [0.1, 0.15) is 0 Å². The summed E-state index contributed by atoms with van der Waals surface area (Å²) in [6.45, 7) is 8.52. The zero-order valence-corrected chi connectivity index (χ0v) is 13.0. The highest BCUT2D eigenvalue weighted by Crippen LogP contribution is 2.34. The van der Waals surface area contributed by atoms with Crippen molar-refractivity contribution in [1.82, 2.24) is 5.32 Å². The molecule has 3 nitrogen and oxygen atoms in total. The number of fused-ring (bicyclic) bond motifs is 1. The summed E-state index contributed by atoms with van der Waals surface area (Å²) in [6.07, 6.45) is 2.77. The summed E-state index contributed by atoms with van der Waals surface area (Å²) in [7, 11) is 0. The minimum absolute atomic E-state index is 0.0418. The van der Waals surface area contributed by atoms with E-state index in [1.54, 1.807) is 0 Å². The van der Waals surface area contributed by atoms with E-state index in [0.717, 1.165) is 30.5 Å². The van der Waals surface area contributed by atoms with Crippen LogP contribution in [0.1, 0.15) is 58.4 Å². The second kappa shape index (κ2) is 5.86. The van der Waals surface area contributed by atoms with Crippen LogP contribution in [0.25, 0.3) is 0 Å². The number of carbonyl (C=O) groups is 1. The van der Waals surface area contributed by atoms with E-state index >= 15 is 0 Å². The second-order valence-corrected chi connectivity index (χ2v) is 6.18. The van der Waals surface area contributed by atoms with Crippen LogP contribution in [0.3, 0.4) is 0 Å². The Bertz CT molecular complexity index is 480. The van der Waals surface area contributed by atoms with Gasteiger partial charge in [-0.3, -0.25) is 4.79 Å². The number of hydrogen-bond donors (Lipinski definition) is 2. The maximum atomic E-state index is 12.7. The topological polar surface area (TPSA) is 41.1 Å². The van der Waals surface area contributed by atoms with Crippen molar-refractivity contribution in [2.45, 2.75) is 64.5 Å². The fourth-order valence-corrected chi connectivity index (χ4v) is 2.80. The number of rotatable bonds is 4. The average Bonchev–Trinajstić information content (AvgIpc) is 2.46. The van der Waals surface area contributed by atoms with Crippen molar-refractivity contribution in [3.8, 4) is 0 Å². The van der Waals surface area contributed by atoms with Crippen LogP contribution in [-0.4, -0.2) is 17.5 Å². The number of carbonyl (C=O) groups excluding carboxylic acids is 1. The zero-order valence-electron chi connectivity index (χ0n) is 13.0. The Morgan fingerprint density at radius 3 is 2.65 bits per heavy atom. The molecule has 2 N–H and O–H groups in total. The van der Waals surface area contributed by atoms with Crippen LogP contribution < -0.4 is 10.6 Å². The van der Waals surface area contributed by atoms with E-state index in [0.29, 0.717) is 6.04 Å². The Balaban J connectivity index is 2.22. The summed E-state index contributed by atoms with van der Waals surface area (Å²) in [5.74, 6) is 0.122. The van der Waals surface area contributed by atoms with Gasteiger partial charge in [0.15, 0.2) is 0 Å². The van der Waals surface area contributed by atoms with Gasteiger partial charge in [-0.05, 0) is 44.7 Å². The van der Waals surface area contributed by atoms with Gasteiger partial charge in [0.2, 0.25) is 5.91 Å². The van der Waals surface area contributed by atoms with Crippen molar-refractivity contribution in [2.24, 2.45) is 0 Å². The molecule has 1 aromatic carbocycles. The highest BCUT2D eigenvalue weighted by atomic mass is 16.2. The summed E-state index contributed by atoms with van der Waals surface area (Å²) in [5.41, 5.74) is 2.12. The first kappa shape index (κ1) is 14.9. The third-order valence-corrected chi connectivity index (χ3v) is 4.63. The van der Waals surface area contributed by atoms with Crippen molar-refractivity contribution in [1.29, 1.82) is 0 Å². The summed E-state index contributed by atoms with van der Waals surface area (Å²) in [5, 5.41) is 6.71. The van der Waals surface area contributed by atoms with Gasteiger partial charge in [-0.15, -0.1) is 0 Å². The van der Waals surface area contributed by atoms with Gasteiger partial charge < -0.3 is 10.6 Å². The minimum atomic E-state index is -0.0971. The number of nitrogens with one attached hydrogen (secondary N) is 2. The fraction of sp³-hybridized carbons (Fsp3) is 0.588. The molecule has 1 amide bonds. The first-order valence-corrected chi connectivity index (χ1v) is 7.66. The van der Waals surface area contributed by atoms with Gasteiger partial charge in [0.25, 0.3) is 0 Å². The molecule has 0 bridgehead atoms. The number of amides is 1. The van der Waals surface area contributed by atoms with Gasteiger partial charge in [0.05, 0.1) is 5.92 Å². The standard InChI is InChI=1S/C17H26N2O/c1-5-17(4,6-2)19-16(20)14-11-12(3)18-15-10-8-7-9-13(14)15/h7-10,12,14,18H,5-6,11H2,1-4H3,(H,19,20). The molecule has 0 fully saturated rings. The number of benzene rings is 1. The maximum Gasteiger partial charge on any atom is 0.228 e. The minimum Gasteiger partial charge on any atom is -0.382 e. The van der Waals surface area contributed by atoms with Crippen molar-refractivity contribution >= 4 is 11.6 Å². The molecular weight excluding hydrogens is 248 g/mol. The largest absolute Gasteiger partial charge is 0.382 e. The average molecular weight is 274 g/mol. The van der Waals surface area contributed by atoms with Crippen molar-refractivity contribution in [3.05, 3.63) is 29.8 Å². The lowest BCUT2D eigenvalue weighted by Crippen LogP contribution is -2.48. The molecule has 1 aliphatic heterocycles. The third kappa shape index (κ3) is 2.97. The molecular formula is C17H26N2O. The van der Waals surface area contributed by atoms with Crippen molar-refractivity contribution in [3.63, 3.8) is 0 Å². The Morgan fingerprint density at radius 1 is 1.35 bits per heavy atom. The van der Waals surface area contributed by atoms with Gasteiger partial charge >= 0.3 is 0 Å². The van der Waals surface area contributed by atoms with E-state index < -0.39 is 0 Å². The molecule has 2 atom stereocenters. The van der Waals surface area contributed by atoms with Crippen LogP contribution >= 0.6 is 0 Å². The van der Waals surface area contributed by atoms with E-state index in [-0.39, 0.29) is 17.4 Å². The molecule has 2 rings (SSSR count). The van der Waals surface area contributed by atoms with Gasteiger partial charge in [-0.1, -0.05) is 32.0 Å². The first-order valence-electron chi connectivity index (χ1n) is 7.66. The second-order valence-electron chi connectivity index (χ2n) is 6.18. The van der Waals surface area contributed by atoms with E-state index in [2.05, 4.69) is 50.5 Å². The number of para-hydroxylation sites is 1. The maximum absolute atomic E-state index is 12.7. The summed E-state index contributed by atoms with van der Waals surface area (Å²) in [6, 6.07) is 8.48. The fourth-order valence-electron chi connectivity index (χ4n) is 2.80. The lowest BCUT2D eigenvalue weighted by atomic mass is 9.85. The van der Waals surface area contributed by atoms with Crippen LogP contribution in [0.2, 0.25) is 0 Å². The van der Waals surface area contributed by atoms with Crippen LogP contribution in [0, 0.1) is 0 Å². The lowest BCUT2D eigenvalue weighted by Gasteiger charge is -2.34. The van der Waals surface area contributed by atoms with Crippen molar-refractivity contribution < 1.29 is 4.79 Å². The SMILES string of the molecule is CCC(C)(CC)NC(=O)C1CC(C)Nc2ccccc21. The van der Waals surface area contributed by atoms with Crippen LogP contribution in [0.15, 0.2) is 24.3 Å². The predicted octanol–water partition coefficient (Wildman–Crippen LogP) is 3.67. The normalized spacial score (nSPS) is 21.8. The van der Waals surface area contributed by atoms with Gasteiger partial charge in [-0.25, -0.2) is 0 Å². The summed E-state index contributed by atoms with van der Waals surface area (Å²) >= 11 is 0. The molecule has 0 spiro atoms. The Kier molecular flexibility index (Phi) is 4.36. The third-order valence-electron chi connectivity index (χ3n) is 4.63. The Hall–Kier alpha value is -1.51. The molecule has 1 heterocycles. The van der Waals surface area contributed by atoms with E-state index in [4.69, 9.17) is 0 Å². The van der Waals surface area contributed by atoms with Crippen molar-refractivity contribution in [2.75, 3.05) is 5.32 Å². The quantitative estimate of drug-likeness (QED) is 0.879. The molecule has 1 aromatic rings. The molecule has 0 saturated heterocycles. The summed E-state index contributed by atoms with van der Waals surface area (Å²) < 4.78 is 0. The van der Waals surface area contributed by atoms with Crippen LogP contribution in [0.4, 0.5) is 5.69 Å². The molecule has 0 aromatic heterocycles. The molecule has 0 radical (unpaired) electrons. The smallest absolute Gasteiger partial charge is 0.228 e. The molecule has 3 heteroatoms. The van der Waals surface area contributed by atoms with Crippen LogP contribution in [0.5, 0.6) is 0 Å². The summed E-state index contributed by atoms with van der Waals surface area (Å²) in [4.78, 5) is 12.7. The predicted molar refractivity (Wildman–Crippen MR) is 84.0 cm³/mol. The zero-order chi connectivity index (χ0) is 14.8. The van der Waals surface area contributed by atoms with E-state index in [9.17, 15) is 4.79 Å². The highest BCUT2D eigenvalue weighted by molar-refractivity contribution is 5.87. The van der Waals surface area contributed by atoms with E-state index in [1.807, 2.05) is 12.1 Å². The first-order chi connectivity index (χ1) is 9.49. The van der Waals surface area contributed by atoms with E-state index in [1.165, 1.54) is 0 Å². The number of anilines is 1. The molecule has 0 saturated carbocycles. The molecule has 0 aliphatic carbocycles. The molecule has 1 aliphatic rings. The molecule has 2 unspecified atom stereocenters. The number of hydrogen-bond acceptors (Lipinski definition) is 2.